The summed E-state index contributed by atoms with van der Waals surface area (Å²) in [5.74, 6) is -6.56. The second-order valence-corrected chi connectivity index (χ2v) is 46.7. The molecule has 20 nitrogen and oxygen atoms in total. The monoisotopic (exact) mass is 2130 g/mol. The highest BCUT2D eigenvalue weighted by Gasteiger charge is 2.59. The summed E-state index contributed by atoms with van der Waals surface area (Å²) in [7, 11) is 3.94. The fourth-order valence-corrected chi connectivity index (χ4v) is 30.4. The van der Waals surface area contributed by atoms with Crippen molar-refractivity contribution in [3.8, 4) is 0 Å². The van der Waals surface area contributed by atoms with Crippen LogP contribution in [-0.4, -0.2) is 128 Å². The highest BCUT2D eigenvalue weighted by atomic mass is 32.2. The Balaban J connectivity index is 0.000000113. The molecule has 150 heavy (non-hydrogen) atoms. The van der Waals surface area contributed by atoms with Crippen molar-refractivity contribution in [1.29, 1.82) is 0 Å². The van der Waals surface area contributed by atoms with E-state index in [1.165, 1.54) is 86.1 Å². The van der Waals surface area contributed by atoms with Crippen molar-refractivity contribution >= 4 is 114 Å². The summed E-state index contributed by atoms with van der Waals surface area (Å²) in [6.45, 7) is 0.797. The van der Waals surface area contributed by atoms with E-state index in [0.717, 1.165) is 240 Å². The van der Waals surface area contributed by atoms with Gasteiger partial charge in [0.1, 0.15) is 108 Å². The molecule has 5 amide bonds. The summed E-state index contributed by atoms with van der Waals surface area (Å²) in [6.07, 6.45) is 23.3. The maximum atomic E-state index is 14.6. The first-order valence-electron chi connectivity index (χ1n) is 51.0. The molecular formula is C115H111F10N15O5S5. The molecule has 0 bridgehead atoms. The van der Waals surface area contributed by atoms with Crippen LogP contribution in [0.15, 0.2) is 262 Å². The molecule has 11 aromatic rings. The van der Waals surface area contributed by atoms with Crippen molar-refractivity contribution in [3.05, 3.63) is 384 Å². The van der Waals surface area contributed by atoms with Crippen LogP contribution in [0.3, 0.4) is 0 Å². The van der Waals surface area contributed by atoms with Crippen molar-refractivity contribution in [2.24, 2.45) is 60.5 Å². The SMILES string of the molecule is CN(C)CCCC(=O)N1N=C(c2cc(F)ccc2F)SC12CCCc1ccccc12.N[C@@H]1CC[C@@H](C(=O)N2N=C(c3cc(F)ccc3F)SC23CCCc2ccccc23)C1.N[C@@H]1CC[C@H](C(=O)N2N=C(c3cc(F)ccc3F)SC23CCCc2ccccc23)C1.N[C@H]1CC[C@@H](C(=O)N2N=C(c3cc(F)ccc3F)SC23CCCc2ccccc23)C1.O=C(c1ccncc1)N1N=C(c2cc(F)ccc2F)SC12CCCc1ccccc12. The van der Waals surface area contributed by atoms with Crippen molar-refractivity contribution < 1.29 is 67.9 Å². The number of fused-ring (bicyclic) bond motifs is 10. The van der Waals surface area contributed by atoms with Gasteiger partial charge in [-0.1, -0.05) is 180 Å². The summed E-state index contributed by atoms with van der Waals surface area (Å²) < 4.78 is 142. The molecule has 35 heteroatoms. The summed E-state index contributed by atoms with van der Waals surface area (Å²) >= 11 is 6.78. The Morgan fingerprint density at radius 1 is 0.327 bits per heavy atom. The number of aryl methyl sites for hydroxylation is 5. The molecule has 6 heterocycles. The van der Waals surface area contributed by atoms with E-state index in [2.05, 4.69) is 54.8 Å². The summed E-state index contributed by atoms with van der Waals surface area (Å²) in [5.41, 5.74) is 30.1. The van der Waals surface area contributed by atoms with Gasteiger partial charge in [0.2, 0.25) is 23.6 Å². The lowest BCUT2D eigenvalue weighted by Crippen LogP contribution is -2.45. The molecule has 5 spiro atoms. The predicted molar refractivity (Wildman–Crippen MR) is 569 cm³/mol. The highest BCUT2D eigenvalue weighted by Crippen LogP contribution is 2.61. The van der Waals surface area contributed by atoms with Gasteiger partial charge in [0.25, 0.3) is 5.91 Å². The minimum Gasteiger partial charge on any atom is -0.328 e. The number of nitrogens with two attached hydrogens (primary N) is 3. The molecule has 3 fully saturated rings. The van der Waals surface area contributed by atoms with Crippen LogP contribution in [0.2, 0.25) is 0 Å². The number of amides is 5. The minimum atomic E-state index is -0.802. The van der Waals surface area contributed by atoms with Gasteiger partial charge >= 0.3 is 0 Å². The third-order valence-electron chi connectivity index (χ3n) is 30.2. The fraction of sp³-hybridized carbons (Fsp3) is 0.348. The Morgan fingerprint density at radius 3 is 0.833 bits per heavy atom. The highest BCUT2D eigenvalue weighted by molar-refractivity contribution is 8.16. The normalized spacial score (nSPS) is 24.9. The van der Waals surface area contributed by atoms with Crippen molar-refractivity contribution in [2.45, 2.75) is 209 Å². The number of hydrogen-bond donors (Lipinski definition) is 3. The van der Waals surface area contributed by atoms with Gasteiger partial charge in [-0.15, -0.1) is 0 Å². The first-order chi connectivity index (χ1) is 72.4. The summed E-state index contributed by atoms with van der Waals surface area (Å²) in [6, 6.07) is 60.2. The van der Waals surface area contributed by atoms with Crippen LogP contribution in [-0.2, 0) is 75.6 Å². The lowest BCUT2D eigenvalue weighted by molar-refractivity contribution is -0.140. The van der Waals surface area contributed by atoms with Gasteiger partial charge in [-0.2, -0.15) is 25.5 Å². The van der Waals surface area contributed by atoms with Gasteiger partial charge in [0.05, 0.1) is 0 Å². The molecule has 5 aliphatic heterocycles. The molecular weight excluding hydrogens is 2020 g/mol. The molecule has 0 radical (unpaired) electrons. The Bertz CT molecular complexity index is 6840. The van der Waals surface area contributed by atoms with E-state index >= 15 is 0 Å². The van der Waals surface area contributed by atoms with Gasteiger partial charge in [0, 0.05) is 88.1 Å². The van der Waals surface area contributed by atoms with E-state index in [1.54, 1.807) is 44.6 Å². The quantitative estimate of drug-likeness (QED) is 0.0907. The van der Waals surface area contributed by atoms with E-state index in [-0.39, 0.29) is 93.2 Å². The van der Waals surface area contributed by atoms with E-state index in [9.17, 15) is 67.9 Å². The van der Waals surface area contributed by atoms with Crippen molar-refractivity contribution in [3.63, 3.8) is 0 Å². The molecule has 13 aliphatic rings. The lowest BCUT2D eigenvalue weighted by Gasteiger charge is -2.40. The minimum absolute atomic E-state index is 0.0212. The number of carbonyl (C=O) groups excluding carboxylic acids is 5. The molecule has 8 aliphatic carbocycles. The van der Waals surface area contributed by atoms with E-state index in [0.29, 0.717) is 88.6 Å². The number of hydrazone groups is 5. The standard InChI is InChI=1S/3C23H23F2N3OS.C23H17F2N3OS.C23H25F2N3OS/c3*24-16-8-10-20(25)18(13-16)21-27-28(22(29)15-7-9-17(26)12-15)23(30-21)11-3-5-14-4-1-2-6-19(14)23;24-17-7-8-20(25)18(14-17)21-27-28(22(29)16-9-12-26-13-10-16)23(30-21)11-3-5-15-4-1-2-6-19(15)23;1-27(2)14-6-10-21(29)28-23(13-5-8-16-7-3-4-9-19(16)23)30-22(26-28)18-15-17(24)11-12-20(18)25/h3*1-2,4,6,8,10,13,15,17H,3,5,7,9,11-12,26H2;1-2,4,6-10,12-14H,3,5,11H2;3-4,7,9,11-12,15H,5-6,8,10,13-14H2,1-2H3/t2*15-,17+,23?;15-,17-,23?;;/m101../s1. The second kappa shape index (κ2) is 44.3. The van der Waals surface area contributed by atoms with Gasteiger partial charge < -0.3 is 22.1 Å². The number of aromatic nitrogens is 1. The lowest BCUT2D eigenvalue weighted by atomic mass is 9.86. The maximum absolute atomic E-state index is 14.6. The Labute approximate surface area is 884 Å². The number of rotatable bonds is 13. The third-order valence-corrected chi connectivity index (χ3v) is 37.4. The largest absolute Gasteiger partial charge is 0.328 e. The number of benzene rings is 10. The summed E-state index contributed by atoms with van der Waals surface area (Å²) in [5, 5.41) is 32.4. The molecule has 10 aromatic carbocycles. The Hall–Kier alpha value is -12.1. The van der Waals surface area contributed by atoms with Crippen molar-refractivity contribution in [1.82, 2.24) is 34.9 Å². The molecule has 5 unspecified atom stereocenters. The molecule has 1 aromatic heterocycles. The molecule has 24 rings (SSSR count). The average Bonchev–Trinajstić information content (AvgIpc) is 1.59. The van der Waals surface area contributed by atoms with Crippen LogP contribution in [0.5, 0.6) is 0 Å². The predicted octanol–water partition coefficient (Wildman–Crippen LogP) is 23.4. The smallest absolute Gasteiger partial charge is 0.275 e. The number of hydrogen-bond acceptors (Lipinski definition) is 20. The van der Waals surface area contributed by atoms with Crippen LogP contribution in [0.1, 0.15) is 229 Å². The van der Waals surface area contributed by atoms with Crippen LogP contribution < -0.4 is 17.2 Å². The number of thioether (sulfide) groups is 5. The average molecular weight is 2130 g/mol. The molecule has 0 saturated heterocycles. The number of halogens is 10. The zero-order valence-corrected chi connectivity index (χ0v) is 86.6. The Kier molecular flexibility index (Phi) is 31.0. The van der Waals surface area contributed by atoms with Crippen LogP contribution >= 0.6 is 58.8 Å². The van der Waals surface area contributed by atoms with Crippen LogP contribution in [0.25, 0.3) is 0 Å². The fourth-order valence-electron chi connectivity index (χ4n) is 23.0. The van der Waals surface area contributed by atoms with Crippen LogP contribution in [0, 0.1) is 75.9 Å². The van der Waals surface area contributed by atoms with Gasteiger partial charge in [-0.25, -0.2) is 68.9 Å². The van der Waals surface area contributed by atoms with E-state index in [1.807, 2.05) is 116 Å². The summed E-state index contributed by atoms with van der Waals surface area (Å²) in [4.78, 5) is 69.8. The topological polar surface area (TPSA) is 258 Å². The number of carbonyl (C=O) groups is 5. The molecule has 11 atom stereocenters. The van der Waals surface area contributed by atoms with Gasteiger partial charge in [0.15, 0.2) is 0 Å². The number of nitrogens with zero attached hydrogens (tertiary/aromatic N) is 12. The first kappa shape index (κ1) is 105. The third kappa shape index (κ3) is 20.8. The Morgan fingerprint density at radius 2 is 0.573 bits per heavy atom. The second-order valence-electron chi connectivity index (χ2n) is 40.4. The molecule has 6 N–H and O–H groups in total. The first-order valence-corrected chi connectivity index (χ1v) is 55.1. The maximum Gasteiger partial charge on any atom is 0.275 e. The van der Waals surface area contributed by atoms with E-state index < -0.39 is 82.5 Å². The van der Waals surface area contributed by atoms with Gasteiger partial charge in [-0.05, 0) is 340 Å². The molecule has 3 saturated carbocycles. The van der Waals surface area contributed by atoms with Gasteiger partial charge in [-0.3, -0.25) is 29.0 Å². The van der Waals surface area contributed by atoms with Crippen LogP contribution in [0.4, 0.5) is 43.9 Å². The molecule has 776 valence electrons. The van der Waals surface area contributed by atoms with E-state index in [4.69, 9.17) is 17.2 Å². The zero-order valence-electron chi connectivity index (χ0n) is 82.5. The number of pyridine rings is 1. The zero-order chi connectivity index (χ0) is 105. The van der Waals surface area contributed by atoms with Crippen molar-refractivity contribution in [2.75, 3.05) is 20.6 Å².